The van der Waals surface area contributed by atoms with E-state index < -0.39 is 5.60 Å². The maximum atomic E-state index is 12.2. The fourth-order valence-corrected chi connectivity index (χ4v) is 6.22. The normalized spacial score (nSPS) is 38.4. The van der Waals surface area contributed by atoms with Gasteiger partial charge in [0, 0.05) is 23.7 Å². The fourth-order valence-electron chi connectivity index (χ4n) is 6.22. The van der Waals surface area contributed by atoms with Crippen LogP contribution in [0.25, 0.3) is 6.08 Å². The summed E-state index contributed by atoms with van der Waals surface area (Å²) in [6.07, 6.45) is 13.0. The smallest absolute Gasteiger partial charge is 0.163 e. The van der Waals surface area contributed by atoms with E-state index >= 15 is 0 Å². The lowest BCUT2D eigenvalue weighted by atomic mass is 9.51. The molecule has 5 aliphatic carbocycles. The van der Waals surface area contributed by atoms with Crippen molar-refractivity contribution in [2.45, 2.75) is 63.0 Å². The molecular formula is C20H24N2O2. The van der Waals surface area contributed by atoms with E-state index in [1.807, 2.05) is 0 Å². The number of Topliss-reactive ketones (excluding diaryl/α,β-unsaturated/α-hetero) is 1. The van der Waals surface area contributed by atoms with E-state index in [0.29, 0.717) is 17.4 Å². The Morgan fingerprint density at radius 3 is 2.71 bits per heavy atom. The predicted molar refractivity (Wildman–Crippen MR) is 93.0 cm³/mol. The van der Waals surface area contributed by atoms with Crippen molar-refractivity contribution in [1.29, 1.82) is 0 Å². The number of allylic oxidation sites excluding steroid dienone is 1. The summed E-state index contributed by atoms with van der Waals surface area (Å²) < 4.78 is 0. The van der Waals surface area contributed by atoms with Gasteiger partial charge < -0.3 is 10.4 Å². The number of aliphatic hydroxyl groups is 1. The molecule has 0 saturated heterocycles. The van der Waals surface area contributed by atoms with Crippen molar-refractivity contribution in [3.63, 3.8) is 0 Å². The van der Waals surface area contributed by atoms with E-state index in [1.165, 1.54) is 6.42 Å². The van der Waals surface area contributed by atoms with Gasteiger partial charge in [-0.15, -0.1) is 0 Å². The number of hydrogen-bond acceptors (Lipinski definition) is 4. The Bertz CT molecular complexity index is 753. The van der Waals surface area contributed by atoms with Crippen molar-refractivity contribution in [1.82, 2.24) is 4.98 Å². The summed E-state index contributed by atoms with van der Waals surface area (Å²) in [6, 6.07) is 0. The Morgan fingerprint density at radius 1 is 1.29 bits per heavy atom. The summed E-state index contributed by atoms with van der Waals surface area (Å²) in [7, 11) is 0. The topological polar surface area (TPSA) is 62.2 Å². The van der Waals surface area contributed by atoms with Gasteiger partial charge in [-0.2, -0.15) is 0 Å². The highest BCUT2D eigenvalue weighted by atomic mass is 16.3. The molecule has 4 fully saturated rings. The van der Waals surface area contributed by atoms with Crippen LogP contribution < -0.4 is 5.32 Å². The highest BCUT2D eigenvalue weighted by Crippen LogP contribution is 2.58. The molecule has 6 rings (SSSR count). The molecule has 4 bridgehead atoms. The van der Waals surface area contributed by atoms with Gasteiger partial charge in [-0.3, -0.25) is 9.78 Å². The van der Waals surface area contributed by atoms with Gasteiger partial charge in [0.2, 0.25) is 0 Å². The van der Waals surface area contributed by atoms with Crippen LogP contribution in [0, 0.1) is 11.8 Å². The zero-order valence-electron chi connectivity index (χ0n) is 14.1. The molecule has 2 N–H and O–H groups in total. The van der Waals surface area contributed by atoms with E-state index in [1.54, 1.807) is 13.1 Å². The lowest BCUT2D eigenvalue weighted by Crippen LogP contribution is -2.62. The number of ketones is 1. The number of rotatable bonds is 3. The first-order valence-electron chi connectivity index (χ1n) is 9.15. The molecular weight excluding hydrogens is 300 g/mol. The Labute approximate surface area is 142 Å². The highest BCUT2D eigenvalue weighted by Gasteiger charge is 2.57. The van der Waals surface area contributed by atoms with Crippen molar-refractivity contribution in [2.24, 2.45) is 11.8 Å². The number of pyridine rings is 1. The van der Waals surface area contributed by atoms with E-state index in [0.717, 1.165) is 55.5 Å². The van der Waals surface area contributed by atoms with Crippen LogP contribution in [0.2, 0.25) is 0 Å². The summed E-state index contributed by atoms with van der Waals surface area (Å²) in [6.45, 7) is 1.61. The van der Waals surface area contributed by atoms with Crippen molar-refractivity contribution in [3.05, 3.63) is 29.1 Å². The number of nitrogens with zero attached hydrogens (tertiary/aromatic N) is 1. The Morgan fingerprint density at radius 2 is 2.04 bits per heavy atom. The minimum absolute atomic E-state index is 0.0524. The second-order valence-corrected chi connectivity index (χ2v) is 8.66. The quantitative estimate of drug-likeness (QED) is 0.837. The Hall–Kier alpha value is -1.68. The lowest BCUT2D eigenvalue weighted by molar-refractivity contribution is -0.127. The van der Waals surface area contributed by atoms with Crippen molar-refractivity contribution in [2.75, 3.05) is 5.32 Å². The van der Waals surface area contributed by atoms with Gasteiger partial charge in [-0.05, 0) is 57.3 Å². The molecule has 0 aliphatic heterocycles. The first-order chi connectivity index (χ1) is 11.5. The highest BCUT2D eigenvalue weighted by molar-refractivity contribution is 6.01. The van der Waals surface area contributed by atoms with Crippen molar-refractivity contribution in [3.8, 4) is 0 Å². The van der Waals surface area contributed by atoms with Gasteiger partial charge in [-0.25, -0.2) is 0 Å². The number of anilines is 1. The van der Waals surface area contributed by atoms with E-state index in [4.69, 9.17) is 0 Å². The van der Waals surface area contributed by atoms with E-state index in [2.05, 4.69) is 22.5 Å². The molecule has 3 unspecified atom stereocenters. The van der Waals surface area contributed by atoms with Crippen LogP contribution in [-0.2, 0) is 6.42 Å². The average Bonchev–Trinajstić information content (AvgIpc) is 2.93. The summed E-state index contributed by atoms with van der Waals surface area (Å²) in [5, 5.41) is 14.8. The van der Waals surface area contributed by atoms with Crippen molar-refractivity contribution < 1.29 is 9.90 Å². The molecule has 5 aliphatic rings. The molecule has 4 heteroatoms. The van der Waals surface area contributed by atoms with Gasteiger partial charge in [0.25, 0.3) is 0 Å². The number of fused-ring (bicyclic) bond motifs is 1. The van der Waals surface area contributed by atoms with Gasteiger partial charge in [0.15, 0.2) is 5.78 Å². The maximum absolute atomic E-state index is 12.2. The Balaban J connectivity index is 1.58. The van der Waals surface area contributed by atoms with Crippen molar-refractivity contribution >= 4 is 17.5 Å². The molecule has 0 radical (unpaired) electrons. The molecule has 1 aromatic heterocycles. The standard InChI is InChI=1S/C20H24N2O2/c1-12(23)16-10-21-17-4-2-3-15(17)18(16)22-19-6-13-5-14(7-19)9-20(24,8-13)11-19/h2-3,10,13-14,24H,4-9,11H2,1H3,(H,21,22)/t13-,14?,19?,20?/m1/s1. The number of aromatic nitrogens is 1. The molecule has 0 aromatic carbocycles. The third kappa shape index (κ3) is 2.08. The van der Waals surface area contributed by atoms with Crippen LogP contribution in [-0.4, -0.2) is 27.0 Å². The molecule has 1 aromatic rings. The zero-order chi connectivity index (χ0) is 16.5. The third-order valence-corrected chi connectivity index (χ3v) is 6.59. The summed E-state index contributed by atoms with van der Waals surface area (Å²) >= 11 is 0. The fraction of sp³-hybridized carbons (Fsp3) is 0.600. The second kappa shape index (κ2) is 4.69. The summed E-state index contributed by atoms with van der Waals surface area (Å²) in [4.78, 5) is 16.6. The van der Waals surface area contributed by atoms with E-state index in [9.17, 15) is 9.90 Å². The van der Waals surface area contributed by atoms with Crippen LogP contribution in [0.1, 0.15) is 67.1 Å². The lowest BCUT2D eigenvalue weighted by Gasteiger charge is -2.60. The van der Waals surface area contributed by atoms with Crippen LogP contribution >= 0.6 is 0 Å². The first kappa shape index (κ1) is 14.6. The summed E-state index contributed by atoms with van der Waals surface area (Å²) in [5.74, 6) is 1.29. The van der Waals surface area contributed by atoms with Gasteiger partial charge in [0.05, 0.1) is 22.5 Å². The first-order valence-corrected chi connectivity index (χ1v) is 9.15. The number of carbonyl (C=O) groups is 1. The number of carbonyl (C=O) groups excluding carboxylic acids is 1. The molecule has 1 heterocycles. The van der Waals surface area contributed by atoms with Gasteiger partial charge in [0.1, 0.15) is 0 Å². The molecule has 4 nitrogen and oxygen atoms in total. The minimum atomic E-state index is -0.500. The monoisotopic (exact) mass is 324 g/mol. The molecule has 0 spiro atoms. The van der Waals surface area contributed by atoms with Crippen LogP contribution in [0.3, 0.4) is 0 Å². The zero-order valence-corrected chi connectivity index (χ0v) is 14.1. The molecule has 126 valence electrons. The predicted octanol–water partition coefficient (Wildman–Crippen LogP) is 3.35. The maximum Gasteiger partial charge on any atom is 0.163 e. The van der Waals surface area contributed by atoms with Crippen LogP contribution in [0.5, 0.6) is 0 Å². The average molecular weight is 324 g/mol. The van der Waals surface area contributed by atoms with Gasteiger partial charge >= 0.3 is 0 Å². The van der Waals surface area contributed by atoms with Crippen LogP contribution in [0.15, 0.2) is 12.3 Å². The van der Waals surface area contributed by atoms with Crippen LogP contribution in [0.4, 0.5) is 5.69 Å². The third-order valence-electron chi connectivity index (χ3n) is 6.59. The largest absolute Gasteiger partial charge is 0.390 e. The number of hydrogen-bond donors (Lipinski definition) is 2. The minimum Gasteiger partial charge on any atom is -0.390 e. The summed E-state index contributed by atoms with van der Waals surface area (Å²) in [5.41, 5.74) is 3.19. The van der Waals surface area contributed by atoms with Gasteiger partial charge in [-0.1, -0.05) is 12.2 Å². The second-order valence-electron chi connectivity index (χ2n) is 8.66. The molecule has 4 saturated carbocycles. The molecule has 4 atom stereocenters. The number of nitrogens with one attached hydrogen (secondary N) is 1. The van der Waals surface area contributed by atoms with E-state index in [-0.39, 0.29) is 11.3 Å². The SMILES string of the molecule is CC(=O)c1cnc2c(c1NC13CC4C[C@@H](CC(O)(C4)C1)C3)C=CC2. The Kier molecular flexibility index (Phi) is 2.86. The molecule has 0 amide bonds. The molecule has 24 heavy (non-hydrogen) atoms.